The molecule has 2 fully saturated rings. The first-order chi connectivity index (χ1) is 19.6. The van der Waals surface area contributed by atoms with Crippen LogP contribution in [0, 0.1) is 0 Å². The summed E-state index contributed by atoms with van der Waals surface area (Å²) in [6, 6.07) is 9.32. The number of nitrogens with one attached hydrogen (secondary N) is 1. The van der Waals surface area contributed by atoms with Crippen LogP contribution < -0.4 is 5.32 Å². The van der Waals surface area contributed by atoms with Crippen LogP contribution in [0.2, 0.25) is 10.0 Å². The highest BCUT2D eigenvalue weighted by Crippen LogP contribution is 2.37. The molecule has 2 saturated heterocycles. The van der Waals surface area contributed by atoms with Crippen molar-refractivity contribution in [2.75, 3.05) is 32.7 Å². The van der Waals surface area contributed by atoms with E-state index in [-0.39, 0.29) is 37.9 Å². The second-order valence-electron chi connectivity index (χ2n) is 10.9. The van der Waals surface area contributed by atoms with E-state index in [2.05, 4.69) is 5.32 Å². The van der Waals surface area contributed by atoms with Gasteiger partial charge in [0.2, 0.25) is 5.91 Å². The molecule has 0 spiro atoms. The van der Waals surface area contributed by atoms with E-state index < -0.39 is 18.0 Å². The van der Waals surface area contributed by atoms with Crippen LogP contribution in [0.5, 0.6) is 0 Å². The molecule has 8 nitrogen and oxygen atoms in total. The Morgan fingerprint density at radius 3 is 2.54 bits per heavy atom. The summed E-state index contributed by atoms with van der Waals surface area (Å²) in [5.41, 5.74) is 3.91. The zero-order chi connectivity index (χ0) is 28.9. The second-order valence-corrected chi connectivity index (χ2v) is 11.7. The summed E-state index contributed by atoms with van der Waals surface area (Å²) in [5, 5.41) is 5.77. The van der Waals surface area contributed by atoms with Crippen molar-refractivity contribution in [3.05, 3.63) is 74.8 Å². The van der Waals surface area contributed by atoms with Crippen LogP contribution >= 0.6 is 23.2 Å². The van der Waals surface area contributed by atoms with Gasteiger partial charge in [-0.25, -0.2) is 23.6 Å². The van der Waals surface area contributed by atoms with Gasteiger partial charge in [0, 0.05) is 38.2 Å². The Bertz CT molecular complexity index is 1450. The predicted molar refractivity (Wildman–Crippen MR) is 150 cm³/mol. The maximum Gasteiger partial charge on any atom is 0.342 e. The van der Waals surface area contributed by atoms with Gasteiger partial charge < -0.3 is 0 Å². The summed E-state index contributed by atoms with van der Waals surface area (Å²) in [4.78, 5) is 40.2. The van der Waals surface area contributed by atoms with Crippen molar-refractivity contribution in [1.82, 2.24) is 25.1 Å². The first-order valence-corrected chi connectivity index (χ1v) is 14.4. The van der Waals surface area contributed by atoms with E-state index in [1.54, 1.807) is 23.1 Å². The summed E-state index contributed by atoms with van der Waals surface area (Å²) < 4.78 is 30.9. The number of hydrazine groups is 1. The molecule has 1 unspecified atom stereocenters. The van der Waals surface area contributed by atoms with Gasteiger partial charge in [-0.05, 0) is 47.2 Å². The minimum Gasteiger partial charge on any atom is -0.293 e. The molecule has 0 aromatic heterocycles. The van der Waals surface area contributed by atoms with E-state index in [0.29, 0.717) is 54.6 Å². The summed E-state index contributed by atoms with van der Waals surface area (Å²) in [7, 11) is 0. The highest BCUT2D eigenvalue weighted by molar-refractivity contribution is 6.43. The molecule has 4 aliphatic heterocycles. The molecule has 4 amide bonds. The molecule has 4 aliphatic rings. The van der Waals surface area contributed by atoms with Gasteiger partial charge in [0.15, 0.2) is 0 Å². The Kier molecular flexibility index (Phi) is 7.52. The Balaban J connectivity index is 1.08. The van der Waals surface area contributed by atoms with Crippen molar-refractivity contribution in [2.24, 2.45) is 0 Å². The van der Waals surface area contributed by atoms with Crippen molar-refractivity contribution in [2.45, 2.75) is 44.3 Å². The minimum atomic E-state index is -2.89. The van der Waals surface area contributed by atoms with Gasteiger partial charge in [0.1, 0.15) is 0 Å². The molecule has 1 N–H and O–H groups in total. The van der Waals surface area contributed by atoms with E-state index in [0.717, 1.165) is 22.3 Å². The smallest absolute Gasteiger partial charge is 0.293 e. The van der Waals surface area contributed by atoms with Crippen LogP contribution in [0.15, 0.2) is 42.5 Å². The highest BCUT2D eigenvalue weighted by Gasteiger charge is 2.47. The highest BCUT2D eigenvalue weighted by atomic mass is 35.5. The zero-order valence-electron chi connectivity index (χ0n) is 22.2. The summed E-state index contributed by atoms with van der Waals surface area (Å²) in [5.74, 6) is -3.58. The topological polar surface area (TPSA) is 76.2 Å². The SMILES string of the molecule is O=C1CCN(N2Cc3cc(CN4CCC(N5CC=C(c6cccc(Cl)c6Cl)CC5)C(F)(F)C4)ccc3C2=O)C(=O)N1. The number of carbonyl (C=O) groups excluding carboxylic acids is 3. The Hall–Kier alpha value is -3.05. The van der Waals surface area contributed by atoms with Gasteiger partial charge in [-0.1, -0.05) is 53.5 Å². The number of carbonyl (C=O) groups is 3. The molecular formula is C29H29Cl2F2N5O3. The lowest BCUT2D eigenvalue weighted by Gasteiger charge is -2.44. The van der Waals surface area contributed by atoms with Crippen molar-refractivity contribution < 1.29 is 23.2 Å². The molecule has 41 heavy (non-hydrogen) atoms. The first-order valence-electron chi connectivity index (χ1n) is 13.6. The third kappa shape index (κ3) is 5.46. The average molecular weight is 604 g/mol. The van der Waals surface area contributed by atoms with E-state index in [1.807, 2.05) is 29.2 Å². The van der Waals surface area contributed by atoms with Gasteiger partial charge in [-0.15, -0.1) is 0 Å². The van der Waals surface area contributed by atoms with Crippen LogP contribution in [0.25, 0.3) is 5.57 Å². The van der Waals surface area contributed by atoms with Gasteiger partial charge in [0.05, 0.1) is 35.7 Å². The molecule has 216 valence electrons. The number of likely N-dealkylation sites (tertiary alicyclic amines) is 1. The number of piperidine rings is 1. The normalized spacial score (nSPS) is 23.5. The number of urea groups is 1. The van der Waals surface area contributed by atoms with E-state index in [4.69, 9.17) is 23.2 Å². The van der Waals surface area contributed by atoms with Crippen LogP contribution in [-0.2, 0) is 17.9 Å². The van der Waals surface area contributed by atoms with Gasteiger partial charge in [0.25, 0.3) is 11.8 Å². The molecule has 0 radical (unpaired) electrons. The van der Waals surface area contributed by atoms with Crippen LogP contribution in [0.4, 0.5) is 13.6 Å². The number of halogens is 4. The van der Waals surface area contributed by atoms with Crippen molar-refractivity contribution in [1.29, 1.82) is 0 Å². The number of imide groups is 1. The Morgan fingerprint density at radius 2 is 1.80 bits per heavy atom. The molecule has 2 aromatic carbocycles. The average Bonchev–Trinajstić information content (AvgIpc) is 3.25. The van der Waals surface area contributed by atoms with Gasteiger partial charge in [-0.3, -0.25) is 24.7 Å². The maximum atomic E-state index is 15.5. The number of hydrogen-bond acceptors (Lipinski definition) is 5. The number of fused-ring (bicyclic) bond motifs is 1. The third-order valence-corrected chi connectivity index (χ3v) is 9.12. The Labute approximate surface area is 246 Å². The van der Waals surface area contributed by atoms with Crippen molar-refractivity contribution in [3.63, 3.8) is 0 Å². The summed E-state index contributed by atoms with van der Waals surface area (Å²) in [6.07, 6.45) is 3.06. The fraction of sp³-hybridized carbons (Fsp3) is 0.414. The van der Waals surface area contributed by atoms with Gasteiger partial charge in [-0.2, -0.15) is 0 Å². The number of hydrogen-bond donors (Lipinski definition) is 1. The molecule has 0 saturated carbocycles. The second kappa shape index (κ2) is 11.0. The lowest BCUT2D eigenvalue weighted by Crippen LogP contribution is -2.58. The molecule has 4 heterocycles. The van der Waals surface area contributed by atoms with E-state index in [9.17, 15) is 14.4 Å². The van der Waals surface area contributed by atoms with Crippen LogP contribution in [-0.4, -0.2) is 82.4 Å². The third-order valence-electron chi connectivity index (χ3n) is 8.30. The summed E-state index contributed by atoms with van der Waals surface area (Å²) >= 11 is 12.5. The minimum absolute atomic E-state index is 0.117. The zero-order valence-corrected chi connectivity index (χ0v) is 23.7. The maximum absolute atomic E-state index is 15.5. The molecule has 1 atom stereocenters. The fourth-order valence-corrected chi connectivity index (χ4v) is 6.67. The Morgan fingerprint density at radius 1 is 0.976 bits per heavy atom. The molecule has 12 heteroatoms. The predicted octanol–water partition coefficient (Wildman–Crippen LogP) is 4.81. The molecule has 0 aliphatic carbocycles. The molecule has 2 aromatic rings. The monoisotopic (exact) mass is 603 g/mol. The number of alkyl halides is 2. The standard InChI is InChI=1S/C29H29Cl2F2N5O3/c30-23-3-1-2-21(26(23)31)19-6-11-36(12-7-19)24-8-10-35(17-29(24,32)33)15-18-4-5-22-20(14-18)16-38(27(22)40)37-13-9-25(39)34-28(37)41/h1-6,14,24H,7-13,15-17H2,(H,34,39,41). The number of amides is 4. The van der Waals surface area contributed by atoms with E-state index >= 15 is 8.78 Å². The number of benzene rings is 2. The van der Waals surface area contributed by atoms with E-state index in [1.165, 1.54) is 10.0 Å². The first kappa shape index (κ1) is 28.1. The summed E-state index contributed by atoms with van der Waals surface area (Å²) in [6.45, 7) is 1.77. The molecule has 0 bridgehead atoms. The largest absolute Gasteiger partial charge is 0.342 e. The fourth-order valence-electron chi connectivity index (χ4n) is 6.24. The lowest BCUT2D eigenvalue weighted by atomic mass is 9.94. The van der Waals surface area contributed by atoms with Crippen LogP contribution in [0.1, 0.15) is 46.3 Å². The van der Waals surface area contributed by atoms with Crippen molar-refractivity contribution >= 4 is 46.6 Å². The quantitative estimate of drug-likeness (QED) is 0.531. The van der Waals surface area contributed by atoms with Crippen LogP contribution in [0.3, 0.4) is 0 Å². The number of nitrogens with zero attached hydrogens (tertiary/aromatic N) is 4. The molecule has 6 rings (SSSR count). The molecular weight excluding hydrogens is 575 g/mol. The van der Waals surface area contributed by atoms with Crippen molar-refractivity contribution in [3.8, 4) is 0 Å². The van der Waals surface area contributed by atoms with Gasteiger partial charge >= 0.3 is 6.03 Å². The number of rotatable bonds is 5. The lowest BCUT2D eigenvalue weighted by molar-refractivity contribution is -0.127.